The van der Waals surface area contributed by atoms with E-state index in [1.165, 1.54) is 0 Å². The molecule has 26 heavy (non-hydrogen) atoms. The van der Waals surface area contributed by atoms with Gasteiger partial charge in [0.2, 0.25) is 5.91 Å². The molecule has 1 amide bonds. The van der Waals surface area contributed by atoms with Crippen molar-refractivity contribution in [3.63, 3.8) is 0 Å². The van der Waals surface area contributed by atoms with E-state index in [0.29, 0.717) is 10.0 Å². The highest BCUT2D eigenvalue weighted by molar-refractivity contribution is 6.30. The number of amides is 1. The quantitative estimate of drug-likeness (QED) is 0.641. The molecule has 5 heteroatoms. The summed E-state index contributed by atoms with van der Waals surface area (Å²) in [6.45, 7) is 4.31. The second-order valence-electron chi connectivity index (χ2n) is 6.55. The SMILES string of the molecule is CCC(CC)N1C(=O)CO[C@@H](c2cccc(Cl)c2)[C@@H]1c1ccc(Cl)cc1. The van der Waals surface area contributed by atoms with E-state index >= 15 is 0 Å². The minimum Gasteiger partial charge on any atom is -0.361 e. The summed E-state index contributed by atoms with van der Waals surface area (Å²) in [7, 11) is 0. The number of halogens is 2. The summed E-state index contributed by atoms with van der Waals surface area (Å²) in [4.78, 5) is 14.8. The molecule has 0 spiro atoms. The third-order valence-electron chi connectivity index (χ3n) is 4.99. The molecule has 1 fully saturated rings. The van der Waals surface area contributed by atoms with Crippen molar-refractivity contribution >= 4 is 29.1 Å². The Kier molecular flexibility index (Phi) is 6.23. The van der Waals surface area contributed by atoms with Crippen LogP contribution in [0, 0.1) is 0 Å². The lowest BCUT2D eigenvalue weighted by atomic mass is 9.90. The lowest BCUT2D eigenvalue weighted by Crippen LogP contribution is -2.50. The molecular formula is C21H23Cl2NO2. The first-order chi connectivity index (χ1) is 12.5. The molecule has 0 unspecified atom stereocenters. The summed E-state index contributed by atoms with van der Waals surface area (Å²) in [6, 6.07) is 15.3. The Morgan fingerprint density at radius 1 is 1.04 bits per heavy atom. The maximum atomic E-state index is 12.8. The van der Waals surface area contributed by atoms with Crippen molar-refractivity contribution in [1.82, 2.24) is 4.90 Å². The van der Waals surface area contributed by atoms with E-state index in [4.69, 9.17) is 27.9 Å². The smallest absolute Gasteiger partial charge is 0.249 e. The molecule has 1 saturated heterocycles. The van der Waals surface area contributed by atoms with Crippen molar-refractivity contribution in [2.45, 2.75) is 44.9 Å². The van der Waals surface area contributed by atoms with Crippen molar-refractivity contribution in [2.24, 2.45) is 0 Å². The van der Waals surface area contributed by atoms with Gasteiger partial charge in [-0.15, -0.1) is 0 Å². The van der Waals surface area contributed by atoms with Crippen LogP contribution in [0.5, 0.6) is 0 Å². The lowest BCUT2D eigenvalue weighted by molar-refractivity contribution is -0.163. The Morgan fingerprint density at radius 2 is 1.73 bits per heavy atom. The standard InChI is InChI=1S/C21H23Cl2NO2/c1-3-18(4-2)24-19(25)13-26-21(15-6-5-7-17(23)12-15)20(24)14-8-10-16(22)11-9-14/h5-12,18,20-21H,3-4,13H2,1-2H3/t20-,21-/m0/s1. The van der Waals surface area contributed by atoms with Crippen LogP contribution in [0.4, 0.5) is 0 Å². The highest BCUT2D eigenvalue weighted by Gasteiger charge is 2.41. The van der Waals surface area contributed by atoms with Gasteiger partial charge in [0, 0.05) is 16.1 Å². The third kappa shape index (κ3) is 3.90. The first kappa shape index (κ1) is 19.2. The van der Waals surface area contributed by atoms with Crippen molar-refractivity contribution in [3.05, 3.63) is 69.7 Å². The van der Waals surface area contributed by atoms with E-state index in [9.17, 15) is 4.79 Å². The average molecular weight is 392 g/mol. The maximum absolute atomic E-state index is 12.8. The number of morpholine rings is 1. The Labute approximate surface area is 164 Å². The van der Waals surface area contributed by atoms with E-state index in [-0.39, 0.29) is 30.7 Å². The van der Waals surface area contributed by atoms with Crippen LogP contribution in [0.3, 0.4) is 0 Å². The molecule has 0 N–H and O–H groups in total. The van der Waals surface area contributed by atoms with Crippen LogP contribution in [0.1, 0.15) is 50.0 Å². The minimum absolute atomic E-state index is 0.0249. The van der Waals surface area contributed by atoms with Crippen molar-refractivity contribution in [1.29, 1.82) is 0 Å². The van der Waals surface area contributed by atoms with Crippen LogP contribution < -0.4 is 0 Å². The van der Waals surface area contributed by atoms with Gasteiger partial charge in [0.15, 0.2) is 0 Å². The van der Waals surface area contributed by atoms with Crippen LogP contribution in [-0.2, 0) is 9.53 Å². The fraction of sp³-hybridized carbons (Fsp3) is 0.381. The van der Waals surface area contributed by atoms with Gasteiger partial charge in [-0.3, -0.25) is 4.79 Å². The molecule has 2 atom stereocenters. The van der Waals surface area contributed by atoms with Gasteiger partial charge < -0.3 is 9.64 Å². The van der Waals surface area contributed by atoms with Gasteiger partial charge in [-0.2, -0.15) is 0 Å². The first-order valence-electron chi connectivity index (χ1n) is 8.98. The van der Waals surface area contributed by atoms with Crippen molar-refractivity contribution in [3.8, 4) is 0 Å². The monoisotopic (exact) mass is 391 g/mol. The summed E-state index contributed by atoms with van der Waals surface area (Å²) < 4.78 is 6.02. The second kappa shape index (κ2) is 8.43. The number of carbonyl (C=O) groups is 1. The third-order valence-corrected chi connectivity index (χ3v) is 5.47. The number of rotatable bonds is 5. The van der Waals surface area contributed by atoms with E-state index < -0.39 is 0 Å². The van der Waals surface area contributed by atoms with Gasteiger partial charge >= 0.3 is 0 Å². The molecule has 138 valence electrons. The highest BCUT2D eigenvalue weighted by Crippen LogP contribution is 2.42. The molecule has 0 bridgehead atoms. The molecule has 0 radical (unpaired) electrons. The number of nitrogens with zero attached hydrogens (tertiary/aromatic N) is 1. The Hall–Kier alpha value is -1.55. The van der Waals surface area contributed by atoms with E-state index in [1.807, 2.05) is 53.4 Å². The molecule has 3 rings (SSSR count). The molecular weight excluding hydrogens is 369 g/mol. The summed E-state index contributed by atoms with van der Waals surface area (Å²) in [6.07, 6.45) is 1.52. The molecule has 1 aliphatic rings. The zero-order valence-corrected chi connectivity index (χ0v) is 16.5. The number of hydrogen-bond donors (Lipinski definition) is 0. The van der Waals surface area contributed by atoms with E-state index in [1.54, 1.807) is 0 Å². The summed E-state index contributed by atoms with van der Waals surface area (Å²) in [5.74, 6) is 0.0249. The Balaban J connectivity index is 2.09. The van der Waals surface area contributed by atoms with Gasteiger partial charge in [0.25, 0.3) is 0 Å². The van der Waals surface area contributed by atoms with Gasteiger partial charge in [0.05, 0.1) is 6.04 Å². The molecule has 0 saturated carbocycles. The molecule has 1 heterocycles. The first-order valence-corrected chi connectivity index (χ1v) is 9.74. The van der Waals surface area contributed by atoms with Crippen LogP contribution in [-0.4, -0.2) is 23.5 Å². The number of ether oxygens (including phenoxy) is 1. The molecule has 2 aromatic carbocycles. The van der Waals surface area contributed by atoms with Gasteiger partial charge in [-0.05, 0) is 48.2 Å². The normalized spacial score (nSPS) is 20.7. The zero-order chi connectivity index (χ0) is 18.7. The zero-order valence-electron chi connectivity index (χ0n) is 15.0. The fourth-order valence-corrected chi connectivity index (χ4v) is 4.02. The maximum Gasteiger partial charge on any atom is 0.249 e. The van der Waals surface area contributed by atoms with Gasteiger partial charge in [-0.25, -0.2) is 0 Å². The highest BCUT2D eigenvalue weighted by atomic mass is 35.5. The van der Waals surface area contributed by atoms with Crippen molar-refractivity contribution < 1.29 is 9.53 Å². The molecule has 1 aliphatic heterocycles. The minimum atomic E-state index is -0.270. The molecule has 2 aromatic rings. The summed E-state index contributed by atoms with van der Waals surface area (Å²) in [5, 5.41) is 1.33. The van der Waals surface area contributed by atoms with Crippen LogP contribution >= 0.6 is 23.2 Å². The van der Waals surface area contributed by atoms with Crippen LogP contribution in [0.2, 0.25) is 10.0 Å². The summed E-state index contributed by atoms with van der Waals surface area (Å²) >= 11 is 12.3. The fourth-order valence-electron chi connectivity index (χ4n) is 3.70. The Bertz CT molecular complexity index is 759. The van der Waals surface area contributed by atoms with E-state index in [0.717, 1.165) is 24.0 Å². The number of hydrogen-bond acceptors (Lipinski definition) is 2. The van der Waals surface area contributed by atoms with Gasteiger partial charge in [-0.1, -0.05) is 61.3 Å². The van der Waals surface area contributed by atoms with Crippen molar-refractivity contribution in [2.75, 3.05) is 6.61 Å². The predicted octanol–water partition coefficient (Wildman–Crippen LogP) is 5.82. The van der Waals surface area contributed by atoms with Crippen LogP contribution in [0.25, 0.3) is 0 Å². The average Bonchev–Trinajstić information content (AvgIpc) is 2.64. The van der Waals surface area contributed by atoms with Gasteiger partial charge in [0.1, 0.15) is 12.7 Å². The topological polar surface area (TPSA) is 29.5 Å². The van der Waals surface area contributed by atoms with Crippen LogP contribution in [0.15, 0.2) is 48.5 Å². The summed E-state index contributed by atoms with van der Waals surface area (Å²) in [5.41, 5.74) is 1.99. The molecule has 0 aliphatic carbocycles. The molecule has 0 aromatic heterocycles. The lowest BCUT2D eigenvalue weighted by Gasteiger charge is -2.45. The predicted molar refractivity (Wildman–Crippen MR) is 106 cm³/mol. The Morgan fingerprint density at radius 3 is 2.35 bits per heavy atom. The molecule has 3 nitrogen and oxygen atoms in total. The largest absolute Gasteiger partial charge is 0.361 e. The number of carbonyl (C=O) groups excluding carboxylic acids is 1. The van der Waals surface area contributed by atoms with E-state index in [2.05, 4.69) is 13.8 Å². The number of benzene rings is 2. The second-order valence-corrected chi connectivity index (χ2v) is 7.43.